The third-order valence-corrected chi connectivity index (χ3v) is 2.74. The molecule has 0 atom stereocenters. The van der Waals surface area contributed by atoms with Crippen LogP contribution < -0.4 is 4.74 Å². The summed E-state index contributed by atoms with van der Waals surface area (Å²) in [5.41, 5.74) is 2.59. The van der Waals surface area contributed by atoms with E-state index in [0.717, 1.165) is 0 Å². The highest BCUT2D eigenvalue weighted by Gasteiger charge is 2.12. The van der Waals surface area contributed by atoms with Crippen LogP contribution in [0.3, 0.4) is 0 Å². The van der Waals surface area contributed by atoms with Crippen LogP contribution in [-0.4, -0.2) is 26.3 Å². The van der Waals surface area contributed by atoms with Gasteiger partial charge in [-0.3, -0.25) is 5.10 Å². The molecule has 102 valence electrons. The van der Waals surface area contributed by atoms with E-state index in [2.05, 4.69) is 20.2 Å². The third-order valence-electron chi connectivity index (χ3n) is 2.74. The molecule has 0 aliphatic heterocycles. The average molecular weight is 272 g/mol. The van der Waals surface area contributed by atoms with Crippen molar-refractivity contribution < 1.29 is 9.13 Å². The van der Waals surface area contributed by atoms with Crippen molar-refractivity contribution in [1.82, 2.24) is 20.2 Å². The van der Waals surface area contributed by atoms with Crippen molar-refractivity contribution in [1.29, 1.82) is 0 Å². The summed E-state index contributed by atoms with van der Waals surface area (Å²) in [5.74, 6) is 0.110. The van der Waals surface area contributed by atoms with E-state index in [4.69, 9.17) is 4.74 Å². The van der Waals surface area contributed by atoms with Crippen molar-refractivity contribution in [3.8, 4) is 17.0 Å². The molecule has 20 heavy (non-hydrogen) atoms. The average Bonchev–Trinajstić information content (AvgIpc) is 2.85. The molecule has 0 amide bonds. The van der Waals surface area contributed by atoms with Gasteiger partial charge >= 0.3 is 0 Å². The van der Waals surface area contributed by atoms with Gasteiger partial charge in [0.1, 0.15) is 17.1 Å². The second kappa shape index (κ2) is 4.88. The summed E-state index contributed by atoms with van der Waals surface area (Å²) in [5, 5.41) is 6.62. The minimum atomic E-state index is -0.346. The Morgan fingerprint density at radius 2 is 2.10 bits per heavy atom. The molecule has 2 aromatic heterocycles. The summed E-state index contributed by atoms with van der Waals surface area (Å²) >= 11 is 0. The maximum atomic E-state index is 13.4. The van der Waals surface area contributed by atoms with Gasteiger partial charge in [0.25, 0.3) is 0 Å². The number of benzene rings is 1. The van der Waals surface area contributed by atoms with Crippen molar-refractivity contribution in [3.63, 3.8) is 0 Å². The lowest BCUT2D eigenvalue weighted by molar-refractivity contribution is 0.242. The van der Waals surface area contributed by atoms with Crippen molar-refractivity contribution in [3.05, 3.63) is 36.4 Å². The number of aromatic nitrogens is 4. The Kier molecular flexibility index (Phi) is 3.06. The summed E-state index contributed by atoms with van der Waals surface area (Å²) in [7, 11) is 0. The fourth-order valence-electron chi connectivity index (χ4n) is 1.92. The van der Waals surface area contributed by atoms with Crippen LogP contribution in [0.4, 0.5) is 4.39 Å². The molecule has 0 saturated carbocycles. The van der Waals surface area contributed by atoms with E-state index in [-0.39, 0.29) is 11.9 Å². The number of aromatic amines is 1. The van der Waals surface area contributed by atoms with Gasteiger partial charge in [-0.05, 0) is 26.0 Å². The Morgan fingerprint density at radius 3 is 2.90 bits per heavy atom. The number of hydrogen-bond acceptors (Lipinski definition) is 4. The topological polar surface area (TPSA) is 63.7 Å². The molecule has 3 aromatic rings. The zero-order chi connectivity index (χ0) is 14.1. The zero-order valence-electron chi connectivity index (χ0n) is 11.1. The van der Waals surface area contributed by atoms with E-state index in [0.29, 0.717) is 28.2 Å². The Labute approximate surface area is 114 Å². The number of halogens is 1. The standard InChI is InChI=1S/C14H13FN4O/c1-8(2)20-13-5-9(15)3-4-10(13)11-6-16-14-12(18-11)7-17-19-14/h3-8H,1-2H3,(H,16,17,19). The van der Waals surface area contributed by atoms with E-state index in [9.17, 15) is 4.39 Å². The number of rotatable bonds is 3. The highest BCUT2D eigenvalue weighted by Crippen LogP contribution is 2.30. The van der Waals surface area contributed by atoms with Crippen LogP contribution in [0.15, 0.2) is 30.6 Å². The third kappa shape index (κ3) is 2.32. The number of H-pyrrole nitrogens is 1. The molecule has 0 fully saturated rings. The van der Waals surface area contributed by atoms with Crippen LogP contribution in [0.25, 0.3) is 22.4 Å². The molecule has 5 nitrogen and oxygen atoms in total. The molecular weight excluding hydrogens is 259 g/mol. The van der Waals surface area contributed by atoms with Gasteiger partial charge in [-0.2, -0.15) is 5.10 Å². The number of hydrogen-bond donors (Lipinski definition) is 1. The monoisotopic (exact) mass is 272 g/mol. The van der Waals surface area contributed by atoms with Gasteiger partial charge in [-0.15, -0.1) is 0 Å². The summed E-state index contributed by atoms with van der Waals surface area (Å²) in [6.45, 7) is 3.78. The van der Waals surface area contributed by atoms with Crippen molar-refractivity contribution in [2.45, 2.75) is 20.0 Å². The van der Waals surface area contributed by atoms with E-state index in [1.54, 1.807) is 18.5 Å². The molecule has 1 aromatic carbocycles. The van der Waals surface area contributed by atoms with Crippen molar-refractivity contribution in [2.24, 2.45) is 0 Å². The largest absolute Gasteiger partial charge is 0.490 e. The number of nitrogens with one attached hydrogen (secondary N) is 1. The molecule has 0 saturated heterocycles. The Bertz CT molecular complexity index is 754. The maximum absolute atomic E-state index is 13.4. The van der Waals surface area contributed by atoms with Crippen LogP contribution in [-0.2, 0) is 0 Å². The predicted octanol–water partition coefficient (Wildman–Crippen LogP) is 2.95. The first-order valence-electron chi connectivity index (χ1n) is 6.26. The molecule has 0 unspecified atom stereocenters. The minimum Gasteiger partial charge on any atom is -0.490 e. The fourth-order valence-corrected chi connectivity index (χ4v) is 1.92. The predicted molar refractivity (Wildman–Crippen MR) is 72.8 cm³/mol. The molecule has 1 N–H and O–H groups in total. The van der Waals surface area contributed by atoms with E-state index >= 15 is 0 Å². The van der Waals surface area contributed by atoms with Gasteiger partial charge in [0.2, 0.25) is 0 Å². The Balaban J connectivity index is 2.12. The number of ether oxygens (including phenoxy) is 1. The van der Waals surface area contributed by atoms with Crippen molar-refractivity contribution in [2.75, 3.05) is 0 Å². The maximum Gasteiger partial charge on any atom is 0.174 e. The first kappa shape index (κ1) is 12.5. The Hall–Kier alpha value is -2.50. The van der Waals surface area contributed by atoms with Crippen LogP contribution in [0.1, 0.15) is 13.8 Å². The fraction of sp³-hybridized carbons (Fsp3) is 0.214. The zero-order valence-corrected chi connectivity index (χ0v) is 11.1. The van der Waals surface area contributed by atoms with Crippen LogP contribution in [0, 0.1) is 5.82 Å². The molecule has 0 aliphatic rings. The van der Waals surface area contributed by atoms with Crippen LogP contribution in [0.5, 0.6) is 5.75 Å². The first-order valence-corrected chi connectivity index (χ1v) is 6.26. The quantitative estimate of drug-likeness (QED) is 0.796. The smallest absolute Gasteiger partial charge is 0.174 e. The minimum absolute atomic E-state index is 0.0545. The van der Waals surface area contributed by atoms with Gasteiger partial charge < -0.3 is 4.74 Å². The summed E-state index contributed by atoms with van der Waals surface area (Å²) in [4.78, 5) is 8.67. The lowest BCUT2D eigenvalue weighted by atomic mass is 10.1. The summed E-state index contributed by atoms with van der Waals surface area (Å²) < 4.78 is 19.0. The second-order valence-electron chi connectivity index (χ2n) is 4.67. The first-order chi connectivity index (χ1) is 9.63. The van der Waals surface area contributed by atoms with Gasteiger partial charge in [-0.25, -0.2) is 14.4 Å². The van der Waals surface area contributed by atoms with Crippen LogP contribution >= 0.6 is 0 Å². The highest BCUT2D eigenvalue weighted by molar-refractivity contribution is 5.75. The van der Waals surface area contributed by atoms with E-state index in [1.165, 1.54) is 12.1 Å². The van der Waals surface area contributed by atoms with E-state index in [1.807, 2.05) is 13.8 Å². The molecule has 0 spiro atoms. The Morgan fingerprint density at radius 1 is 1.25 bits per heavy atom. The van der Waals surface area contributed by atoms with Gasteiger partial charge in [0, 0.05) is 11.6 Å². The highest BCUT2D eigenvalue weighted by atomic mass is 19.1. The SMILES string of the molecule is CC(C)Oc1cc(F)ccc1-c1cnc2[nH]ncc2n1. The summed E-state index contributed by atoms with van der Waals surface area (Å²) in [6.07, 6.45) is 3.15. The molecule has 0 radical (unpaired) electrons. The molecule has 0 bridgehead atoms. The van der Waals surface area contributed by atoms with Gasteiger partial charge in [-0.1, -0.05) is 0 Å². The molecular formula is C14H13FN4O. The molecule has 6 heteroatoms. The van der Waals surface area contributed by atoms with E-state index < -0.39 is 0 Å². The van der Waals surface area contributed by atoms with Crippen molar-refractivity contribution >= 4 is 11.2 Å². The molecule has 3 rings (SSSR count). The second-order valence-corrected chi connectivity index (χ2v) is 4.67. The normalized spacial score (nSPS) is 11.2. The van der Waals surface area contributed by atoms with Crippen LogP contribution in [0.2, 0.25) is 0 Å². The lowest BCUT2D eigenvalue weighted by Gasteiger charge is -2.13. The van der Waals surface area contributed by atoms with Gasteiger partial charge in [0.05, 0.1) is 24.2 Å². The van der Waals surface area contributed by atoms with Gasteiger partial charge in [0.15, 0.2) is 5.65 Å². The summed E-state index contributed by atoms with van der Waals surface area (Å²) in [6, 6.07) is 4.38. The number of fused-ring (bicyclic) bond motifs is 1. The number of nitrogens with zero attached hydrogens (tertiary/aromatic N) is 3. The molecule has 0 aliphatic carbocycles. The lowest BCUT2D eigenvalue weighted by Crippen LogP contribution is -2.07. The molecule has 2 heterocycles.